The molecular weight excluding hydrogens is 290 g/mol. The molecule has 20 heavy (non-hydrogen) atoms. The van der Waals surface area contributed by atoms with Crippen molar-refractivity contribution in [2.45, 2.75) is 18.7 Å². The van der Waals surface area contributed by atoms with Crippen LogP contribution in [0.4, 0.5) is 0 Å². The van der Waals surface area contributed by atoms with Crippen molar-refractivity contribution in [1.82, 2.24) is 0 Å². The van der Waals surface area contributed by atoms with Crippen LogP contribution in [-0.2, 0) is 0 Å². The van der Waals surface area contributed by atoms with E-state index in [1.54, 1.807) is 23.9 Å². The molecular formula is C16H20ClNOS. The molecule has 0 saturated carbocycles. The first kappa shape index (κ1) is 16.7. The van der Waals surface area contributed by atoms with Gasteiger partial charge in [-0.25, -0.2) is 0 Å². The van der Waals surface area contributed by atoms with Gasteiger partial charge in [0.1, 0.15) is 5.76 Å². The number of aliphatic hydroxyl groups excluding tert-OH is 1. The Balaban J connectivity index is 3.53. The van der Waals surface area contributed by atoms with Crippen molar-refractivity contribution >= 4 is 23.4 Å². The van der Waals surface area contributed by atoms with Gasteiger partial charge in [-0.15, -0.1) is 23.4 Å². The lowest BCUT2D eigenvalue weighted by molar-refractivity contribution is 0.426. The minimum atomic E-state index is -0.706. The molecule has 0 aliphatic heterocycles. The second-order valence-electron chi connectivity index (χ2n) is 4.51. The number of nitrogens with two attached hydrogens (primary N) is 1. The number of allylic oxidation sites excluding steroid dienone is 8. The monoisotopic (exact) mass is 309 g/mol. The Hall–Kier alpha value is -1.32. The second kappa shape index (κ2) is 6.91. The van der Waals surface area contributed by atoms with Crippen molar-refractivity contribution in [3.05, 3.63) is 70.5 Å². The quantitative estimate of drug-likeness (QED) is 0.590. The van der Waals surface area contributed by atoms with Gasteiger partial charge in [0.15, 0.2) is 0 Å². The molecule has 0 radical (unpaired) electrons. The second-order valence-corrected chi connectivity index (χ2v) is 6.18. The highest BCUT2D eigenvalue weighted by Gasteiger charge is 2.23. The molecule has 0 aromatic carbocycles. The maximum Gasteiger partial charge on any atom is 0.138 e. The Labute approximate surface area is 130 Å². The van der Waals surface area contributed by atoms with Crippen LogP contribution in [0.5, 0.6) is 0 Å². The van der Waals surface area contributed by atoms with Crippen LogP contribution < -0.4 is 5.73 Å². The maximum absolute atomic E-state index is 9.99. The summed E-state index contributed by atoms with van der Waals surface area (Å²) in [6.45, 7) is 7.54. The Morgan fingerprint density at radius 1 is 1.55 bits per heavy atom. The molecule has 0 fully saturated rings. The highest BCUT2D eigenvalue weighted by molar-refractivity contribution is 8.02. The molecule has 1 rings (SSSR count). The Bertz CT molecular complexity index is 551. The van der Waals surface area contributed by atoms with E-state index in [0.29, 0.717) is 11.3 Å². The predicted octanol–water partition coefficient (Wildman–Crippen LogP) is 4.59. The van der Waals surface area contributed by atoms with Crippen LogP contribution in [-0.4, -0.2) is 16.2 Å². The average molecular weight is 310 g/mol. The molecule has 1 unspecified atom stereocenters. The van der Waals surface area contributed by atoms with Crippen molar-refractivity contribution in [1.29, 1.82) is 0 Å². The normalized spacial score (nSPS) is 24.5. The van der Waals surface area contributed by atoms with Crippen molar-refractivity contribution in [2.75, 3.05) is 6.26 Å². The molecule has 0 bridgehead atoms. The van der Waals surface area contributed by atoms with E-state index in [-0.39, 0.29) is 5.76 Å². The zero-order valence-corrected chi connectivity index (χ0v) is 13.6. The van der Waals surface area contributed by atoms with E-state index in [4.69, 9.17) is 17.3 Å². The highest BCUT2D eigenvalue weighted by atomic mass is 35.5. The third kappa shape index (κ3) is 3.84. The fraction of sp³-hybridized carbons (Fsp3) is 0.250. The third-order valence-electron chi connectivity index (χ3n) is 2.88. The van der Waals surface area contributed by atoms with Crippen LogP contribution in [0.2, 0.25) is 0 Å². The summed E-state index contributed by atoms with van der Waals surface area (Å²) in [5.41, 5.74) is 7.99. The van der Waals surface area contributed by atoms with E-state index in [0.717, 1.165) is 10.5 Å². The Kier molecular flexibility index (Phi) is 5.78. The van der Waals surface area contributed by atoms with E-state index in [1.165, 1.54) is 6.08 Å². The zero-order chi connectivity index (χ0) is 15.3. The van der Waals surface area contributed by atoms with E-state index < -0.39 is 4.87 Å². The molecule has 1 atom stereocenters. The molecule has 0 amide bonds. The number of halogens is 1. The van der Waals surface area contributed by atoms with Gasteiger partial charge >= 0.3 is 0 Å². The van der Waals surface area contributed by atoms with Gasteiger partial charge in [0, 0.05) is 10.5 Å². The molecule has 2 nitrogen and oxygen atoms in total. The van der Waals surface area contributed by atoms with Crippen LogP contribution in [0.25, 0.3) is 0 Å². The van der Waals surface area contributed by atoms with Gasteiger partial charge in [-0.2, -0.15) is 0 Å². The van der Waals surface area contributed by atoms with Gasteiger partial charge in [0.2, 0.25) is 0 Å². The SMILES string of the molecule is C=C/C=C(C1=CC(C)(Cl)C=CC(O)=C1N)\C(=C/C)SC. The Morgan fingerprint density at radius 3 is 2.70 bits per heavy atom. The van der Waals surface area contributed by atoms with E-state index in [1.807, 2.05) is 38.3 Å². The molecule has 1 aliphatic carbocycles. The van der Waals surface area contributed by atoms with Gasteiger partial charge in [0.25, 0.3) is 0 Å². The molecule has 1 aliphatic rings. The summed E-state index contributed by atoms with van der Waals surface area (Å²) in [7, 11) is 0. The van der Waals surface area contributed by atoms with Crippen LogP contribution >= 0.6 is 23.4 Å². The summed E-state index contributed by atoms with van der Waals surface area (Å²) >= 11 is 8.00. The predicted molar refractivity (Wildman–Crippen MR) is 90.9 cm³/mol. The summed E-state index contributed by atoms with van der Waals surface area (Å²) < 4.78 is 0. The number of alkyl halides is 1. The highest BCUT2D eigenvalue weighted by Crippen LogP contribution is 2.35. The minimum absolute atomic E-state index is 0.0205. The summed E-state index contributed by atoms with van der Waals surface area (Å²) in [6.07, 6.45) is 12.6. The summed E-state index contributed by atoms with van der Waals surface area (Å²) in [5.74, 6) is 0.0205. The van der Waals surface area contributed by atoms with Crippen molar-refractivity contribution in [2.24, 2.45) is 5.73 Å². The van der Waals surface area contributed by atoms with Crippen LogP contribution in [0.1, 0.15) is 13.8 Å². The molecule has 0 spiro atoms. The van der Waals surface area contributed by atoms with E-state index >= 15 is 0 Å². The first-order valence-electron chi connectivity index (χ1n) is 6.20. The fourth-order valence-corrected chi connectivity index (χ4v) is 2.71. The first-order valence-corrected chi connectivity index (χ1v) is 7.80. The van der Waals surface area contributed by atoms with Crippen molar-refractivity contribution < 1.29 is 5.11 Å². The number of hydrogen-bond donors (Lipinski definition) is 2. The van der Waals surface area contributed by atoms with Gasteiger partial charge in [-0.05, 0) is 31.8 Å². The number of aliphatic hydroxyl groups is 1. The molecule has 3 N–H and O–H groups in total. The van der Waals surface area contributed by atoms with Gasteiger partial charge in [-0.3, -0.25) is 0 Å². The first-order chi connectivity index (χ1) is 9.36. The lowest BCUT2D eigenvalue weighted by atomic mass is 9.97. The van der Waals surface area contributed by atoms with Gasteiger partial charge in [0.05, 0.1) is 10.6 Å². The maximum atomic E-state index is 9.99. The molecule has 0 aromatic heterocycles. The van der Waals surface area contributed by atoms with Crippen LogP contribution in [0.15, 0.2) is 70.5 Å². The number of rotatable bonds is 4. The summed E-state index contributed by atoms with van der Waals surface area (Å²) in [4.78, 5) is 0.336. The molecule has 0 heterocycles. The van der Waals surface area contributed by atoms with Crippen LogP contribution in [0.3, 0.4) is 0 Å². The fourth-order valence-electron chi connectivity index (χ4n) is 1.91. The summed E-state index contributed by atoms with van der Waals surface area (Å²) in [6, 6.07) is 0. The van der Waals surface area contributed by atoms with Crippen molar-refractivity contribution in [3.63, 3.8) is 0 Å². The smallest absolute Gasteiger partial charge is 0.138 e. The zero-order valence-electron chi connectivity index (χ0n) is 12.0. The molecule has 0 saturated heterocycles. The van der Waals surface area contributed by atoms with Gasteiger partial charge in [-0.1, -0.05) is 37.0 Å². The van der Waals surface area contributed by atoms with E-state index in [9.17, 15) is 5.11 Å². The third-order valence-corrected chi connectivity index (χ3v) is 4.01. The Morgan fingerprint density at radius 2 is 2.20 bits per heavy atom. The lowest BCUT2D eigenvalue weighted by Gasteiger charge is -2.18. The topological polar surface area (TPSA) is 46.2 Å². The lowest BCUT2D eigenvalue weighted by Crippen LogP contribution is -2.12. The number of thioether (sulfide) groups is 1. The van der Waals surface area contributed by atoms with Gasteiger partial charge < -0.3 is 10.8 Å². The average Bonchev–Trinajstić information content (AvgIpc) is 2.51. The van der Waals surface area contributed by atoms with E-state index in [2.05, 4.69) is 6.58 Å². The minimum Gasteiger partial charge on any atom is -0.506 e. The molecule has 4 heteroatoms. The molecule has 108 valence electrons. The summed E-state index contributed by atoms with van der Waals surface area (Å²) in [5, 5.41) is 9.99. The molecule has 0 aromatic rings. The number of hydrogen-bond acceptors (Lipinski definition) is 3. The van der Waals surface area contributed by atoms with Crippen molar-refractivity contribution in [3.8, 4) is 0 Å². The van der Waals surface area contributed by atoms with Crippen LogP contribution in [0, 0.1) is 0 Å². The largest absolute Gasteiger partial charge is 0.506 e. The standard InChI is InChI=1S/C16H20ClNOS/c1-5-7-11(14(6-2)20-4)12-10-16(3,17)9-8-13(19)15(12)18/h5-10,19H,1,18H2,2-4H3/b11-7-,14-6+.